The smallest absolute Gasteiger partial charge is 0.226 e. The van der Waals surface area contributed by atoms with E-state index in [9.17, 15) is 4.79 Å². The van der Waals surface area contributed by atoms with Crippen LogP contribution in [0.1, 0.15) is 38.5 Å². The van der Waals surface area contributed by atoms with Crippen molar-refractivity contribution in [3.63, 3.8) is 0 Å². The second kappa shape index (κ2) is 7.14. The van der Waals surface area contributed by atoms with Crippen LogP contribution >= 0.6 is 0 Å². The molecular formula is C22H31N3O3. The highest BCUT2D eigenvalue weighted by atomic mass is 16.6. The summed E-state index contributed by atoms with van der Waals surface area (Å²) in [5.41, 5.74) is 6.42. The Morgan fingerprint density at radius 3 is 2.50 bits per heavy atom. The third-order valence-corrected chi connectivity index (χ3v) is 7.17. The monoisotopic (exact) mass is 385 g/mol. The Bertz CT molecular complexity index is 715. The van der Waals surface area contributed by atoms with Crippen molar-refractivity contribution >= 4 is 11.6 Å². The third kappa shape index (κ3) is 3.43. The second-order valence-electron chi connectivity index (χ2n) is 9.41. The van der Waals surface area contributed by atoms with Crippen LogP contribution in [-0.2, 0) is 4.79 Å². The number of ether oxygens (including phenoxy) is 2. The van der Waals surface area contributed by atoms with E-state index in [4.69, 9.17) is 15.2 Å². The van der Waals surface area contributed by atoms with Gasteiger partial charge in [0.1, 0.15) is 12.7 Å². The lowest BCUT2D eigenvalue weighted by Gasteiger charge is -2.55. The van der Waals surface area contributed by atoms with Gasteiger partial charge >= 0.3 is 0 Å². The van der Waals surface area contributed by atoms with E-state index in [-0.39, 0.29) is 11.5 Å². The van der Waals surface area contributed by atoms with Gasteiger partial charge in [0.05, 0.1) is 0 Å². The minimum atomic E-state index is -0.0568. The van der Waals surface area contributed by atoms with E-state index in [0.717, 1.165) is 49.3 Å². The Labute approximate surface area is 166 Å². The Morgan fingerprint density at radius 1 is 1.07 bits per heavy atom. The van der Waals surface area contributed by atoms with Crippen LogP contribution in [0.25, 0.3) is 0 Å². The van der Waals surface area contributed by atoms with Crippen LogP contribution in [-0.4, -0.2) is 38.3 Å². The molecular weight excluding hydrogens is 354 g/mol. The molecule has 5 aliphatic rings. The molecule has 4 bridgehead atoms. The molecule has 0 saturated heterocycles. The highest BCUT2D eigenvalue weighted by Crippen LogP contribution is 2.60. The van der Waals surface area contributed by atoms with Crippen molar-refractivity contribution in [2.24, 2.45) is 23.2 Å². The number of nitrogens with one attached hydrogen (secondary N) is 2. The second-order valence-corrected chi connectivity index (χ2v) is 9.41. The van der Waals surface area contributed by atoms with Crippen molar-refractivity contribution < 1.29 is 14.3 Å². The maximum absolute atomic E-state index is 12.9. The molecule has 1 aliphatic heterocycles. The van der Waals surface area contributed by atoms with Gasteiger partial charge in [-0.1, -0.05) is 0 Å². The minimum Gasteiger partial charge on any atom is -0.486 e. The fourth-order valence-electron chi connectivity index (χ4n) is 6.34. The SMILES string of the molecule is Nc1ccc2c(c1)OC(CNCCNC(=O)C13CC4CC(CC(C4)C1)C3)CO2. The molecule has 4 saturated carbocycles. The molecule has 152 valence electrons. The van der Waals surface area contributed by atoms with E-state index < -0.39 is 0 Å². The number of fused-ring (bicyclic) bond motifs is 1. The summed E-state index contributed by atoms with van der Waals surface area (Å²) in [4.78, 5) is 12.9. The lowest BCUT2D eigenvalue weighted by Crippen LogP contribution is -2.54. The largest absolute Gasteiger partial charge is 0.486 e. The van der Waals surface area contributed by atoms with Crippen LogP contribution < -0.4 is 25.8 Å². The highest BCUT2D eigenvalue weighted by molar-refractivity contribution is 5.83. The van der Waals surface area contributed by atoms with Gasteiger partial charge in [-0.05, 0) is 68.4 Å². The molecule has 1 atom stereocenters. The van der Waals surface area contributed by atoms with Crippen molar-refractivity contribution in [1.29, 1.82) is 0 Å². The number of anilines is 1. The van der Waals surface area contributed by atoms with E-state index in [1.54, 1.807) is 6.07 Å². The first-order chi connectivity index (χ1) is 13.6. The molecule has 4 N–H and O–H groups in total. The highest BCUT2D eigenvalue weighted by Gasteiger charge is 2.54. The predicted molar refractivity (Wildman–Crippen MR) is 107 cm³/mol. The Kier molecular flexibility index (Phi) is 4.62. The van der Waals surface area contributed by atoms with Crippen LogP contribution in [0.15, 0.2) is 18.2 Å². The number of nitrogens with two attached hydrogens (primary N) is 1. The lowest BCUT2D eigenvalue weighted by molar-refractivity contribution is -0.146. The number of carbonyl (C=O) groups excluding carboxylic acids is 1. The van der Waals surface area contributed by atoms with Gasteiger partial charge in [0.25, 0.3) is 0 Å². The maximum Gasteiger partial charge on any atom is 0.226 e. The van der Waals surface area contributed by atoms with Gasteiger partial charge in [0.15, 0.2) is 11.5 Å². The van der Waals surface area contributed by atoms with E-state index in [0.29, 0.717) is 37.0 Å². The molecule has 4 aliphatic carbocycles. The molecule has 1 aromatic carbocycles. The van der Waals surface area contributed by atoms with Crippen molar-refractivity contribution in [3.05, 3.63) is 18.2 Å². The van der Waals surface area contributed by atoms with E-state index >= 15 is 0 Å². The zero-order valence-corrected chi connectivity index (χ0v) is 16.4. The Morgan fingerprint density at radius 2 is 1.79 bits per heavy atom. The Hall–Kier alpha value is -1.95. The van der Waals surface area contributed by atoms with Gasteiger partial charge in [-0.2, -0.15) is 0 Å². The average Bonchev–Trinajstić information content (AvgIpc) is 2.66. The molecule has 6 nitrogen and oxygen atoms in total. The standard InChI is InChI=1S/C22H31N3O3/c23-17-1-2-19-20(8-17)28-18(13-27-19)12-24-3-4-25-21(26)22-9-14-5-15(10-22)7-16(6-14)11-22/h1-2,8,14-16,18,24H,3-7,9-13,23H2,(H,25,26). The summed E-state index contributed by atoms with van der Waals surface area (Å²) in [7, 11) is 0. The average molecular weight is 386 g/mol. The molecule has 6 heteroatoms. The number of rotatable bonds is 6. The van der Waals surface area contributed by atoms with E-state index in [1.807, 2.05) is 12.1 Å². The van der Waals surface area contributed by atoms with E-state index in [1.165, 1.54) is 19.3 Å². The summed E-state index contributed by atoms with van der Waals surface area (Å²) < 4.78 is 11.7. The van der Waals surface area contributed by atoms with Crippen LogP contribution in [0.3, 0.4) is 0 Å². The molecule has 28 heavy (non-hydrogen) atoms. The van der Waals surface area contributed by atoms with Gasteiger partial charge in [-0.25, -0.2) is 0 Å². The van der Waals surface area contributed by atoms with Crippen molar-refractivity contribution in [1.82, 2.24) is 10.6 Å². The zero-order valence-electron chi connectivity index (χ0n) is 16.4. The molecule has 1 unspecified atom stereocenters. The normalized spacial score (nSPS) is 35.0. The van der Waals surface area contributed by atoms with Gasteiger partial charge in [0.2, 0.25) is 5.91 Å². The third-order valence-electron chi connectivity index (χ3n) is 7.17. The van der Waals surface area contributed by atoms with Crippen molar-refractivity contribution in [3.8, 4) is 11.5 Å². The first kappa shape index (κ1) is 18.1. The molecule has 6 rings (SSSR count). The fraction of sp³-hybridized carbons (Fsp3) is 0.682. The maximum atomic E-state index is 12.9. The lowest BCUT2D eigenvalue weighted by atomic mass is 9.49. The molecule has 1 aromatic rings. The molecule has 0 aromatic heterocycles. The van der Waals surface area contributed by atoms with Crippen LogP contribution in [0, 0.1) is 23.2 Å². The van der Waals surface area contributed by atoms with Crippen LogP contribution in [0.5, 0.6) is 11.5 Å². The number of nitrogen functional groups attached to an aromatic ring is 1. The zero-order chi connectivity index (χ0) is 19.1. The first-order valence-electron chi connectivity index (χ1n) is 10.8. The summed E-state index contributed by atoms with van der Waals surface area (Å²) in [6.07, 6.45) is 7.41. The number of amides is 1. The van der Waals surface area contributed by atoms with Gasteiger partial charge in [0, 0.05) is 36.8 Å². The molecule has 1 amide bonds. The van der Waals surface area contributed by atoms with Gasteiger partial charge in [-0.3, -0.25) is 4.79 Å². The summed E-state index contributed by atoms with van der Waals surface area (Å²) in [5.74, 6) is 4.15. The molecule has 4 fully saturated rings. The summed E-state index contributed by atoms with van der Waals surface area (Å²) in [5, 5.41) is 6.59. The van der Waals surface area contributed by atoms with Gasteiger partial charge in [-0.15, -0.1) is 0 Å². The van der Waals surface area contributed by atoms with Crippen molar-refractivity contribution in [2.75, 3.05) is 32.0 Å². The topological polar surface area (TPSA) is 85.6 Å². The number of hydrogen-bond donors (Lipinski definition) is 3. The quantitative estimate of drug-likeness (QED) is 0.517. The Balaban J connectivity index is 1.05. The number of benzene rings is 1. The summed E-state index contributed by atoms with van der Waals surface area (Å²) in [6.45, 7) is 2.60. The predicted octanol–water partition coefficient (Wildman–Crippen LogP) is 2.33. The van der Waals surface area contributed by atoms with Crippen molar-refractivity contribution in [2.45, 2.75) is 44.6 Å². The van der Waals surface area contributed by atoms with E-state index in [2.05, 4.69) is 10.6 Å². The molecule has 1 heterocycles. The summed E-state index contributed by atoms with van der Waals surface area (Å²) >= 11 is 0. The summed E-state index contributed by atoms with van der Waals surface area (Å²) in [6, 6.07) is 5.45. The van der Waals surface area contributed by atoms with Crippen LogP contribution in [0.2, 0.25) is 0 Å². The first-order valence-corrected chi connectivity index (χ1v) is 10.8. The van der Waals surface area contributed by atoms with Gasteiger partial charge < -0.3 is 25.8 Å². The minimum absolute atomic E-state index is 0.0480. The molecule has 0 spiro atoms. The fourth-order valence-corrected chi connectivity index (χ4v) is 6.34. The molecule has 0 radical (unpaired) electrons. The van der Waals surface area contributed by atoms with Crippen LogP contribution in [0.4, 0.5) is 5.69 Å². The number of carbonyl (C=O) groups is 1. The number of hydrogen-bond acceptors (Lipinski definition) is 5.